The molecule has 0 aromatic rings. The van der Waals surface area contributed by atoms with E-state index in [4.69, 9.17) is 19.2 Å². The van der Waals surface area contributed by atoms with Crippen LogP contribution in [0.4, 0.5) is 0 Å². The van der Waals surface area contributed by atoms with Crippen LogP contribution >= 0.6 is 7.82 Å². The molecule has 15 heavy (non-hydrogen) atoms. The second-order valence-electron chi connectivity index (χ2n) is 2.68. The minimum Gasteiger partial charge on any atom is -0.790 e. The average Bonchev–Trinajstić information content (AvgIpc) is 2.05. The highest BCUT2D eigenvalue weighted by Crippen LogP contribution is 2.11. The van der Waals surface area contributed by atoms with Gasteiger partial charge in [0.05, 0.1) is 34.0 Å². The third-order valence-electron chi connectivity index (χ3n) is 1.15. The summed E-state index contributed by atoms with van der Waals surface area (Å²) in [4.78, 5) is 24.3. The molecule has 0 aromatic carbocycles. The molecule has 0 fully saturated rings. The molecule has 0 heterocycles. The summed E-state index contributed by atoms with van der Waals surface area (Å²) in [6.45, 7) is 13.5. The fraction of sp³-hybridized carbons (Fsp3) is 1.00. The van der Waals surface area contributed by atoms with Gasteiger partial charge in [-0.05, 0) is 27.7 Å². The van der Waals surface area contributed by atoms with Crippen molar-refractivity contribution in [2.24, 2.45) is 0 Å². The van der Waals surface area contributed by atoms with Crippen molar-refractivity contribution in [2.45, 2.75) is 27.7 Å². The maximum atomic E-state index is 8.66. The molecule has 0 radical (unpaired) electrons. The Morgan fingerprint density at radius 1 is 0.933 bits per heavy atom. The Bertz CT molecular complexity index is 122. The average molecular weight is 244 g/mol. The molecule has 0 saturated carbocycles. The summed E-state index contributed by atoms with van der Waals surface area (Å²) in [5.41, 5.74) is 0. The largest absolute Gasteiger partial charge is 0.790 e. The van der Waals surface area contributed by atoms with Crippen molar-refractivity contribution in [1.82, 2.24) is 0 Å². The van der Waals surface area contributed by atoms with E-state index in [2.05, 4.69) is 38.3 Å². The lowest BCUT2D eigenvalue weighted by atomic mass is 10.7. The van der Waals surface area contributed by atoms with Gasteiger partial charge < -0.3 is 29.9 Å². The van der Waals surface area contributed by atoms with Crippen LogP contribution < -0.4 is 20.4 Å². The first kappa shape index (κ1) is 20.4. The van der Waals surface area contributed by atoms with Crippen molar-refractivity contribution in [3.63, 3.8) is 0 Å². The van der Waals surface area contributed by atoms with Crippen molar-refractivity contribution in [3.05, 3.63) is 0 Å². The van der Waals surface area contributed by atoms with Crippen molar-refractivity contribution < 1.29 is 29.9 Å². The van der Waals surface area contributed by atoms with Crippen LogP contribution in [0.1, 0.15) is 27.7 Å². The van der Waals surface area contributed by atoms with Crippen LogP contribution in [0.15, 0.2) is 0 Å². The molecule has 0 unspecified atom stereocenters. The maximum absolute atomic E-state index is 8.66. The van der Waals surface area contributed by atoms with E-state index in [0.29, 0.717) is 0 Å². The van der Waals surface area contributed by atoms with Gasteiger partial charge in [0.25, 0.3) is 0 Å². The van der Waals surface area contributed by atoms with Gasteiger partial charge >= 0.3 is 0 Å². The van der Waals surface area contributed by atoms with Crippen LogP contribution in [0.25, 0.3) is 0 Å². The molecule has 5 N–H and O–H groups in total. The number of hydrogen-bond donors (Lipinski definition) is 3. The van der Waals surface area contributed by atoms with Crippen molar-refractivity contribution in [2.75, 3.05) is 26.2 Å². The monoisotopic (exact) mass is 244 g/mol. The summed E-state index contributed by atoms with van der Waals surface area (Å²) in [5.74, 6) is 0. The van der Waals surface area contributed by atoms with Gasteiger partial charge in [-0.3, -0.25) is 0 Å². The molecule has 0 atom stereocenters. The van der Waals surface area contributed by atoms with E-state index in [1.807, 2.05) is 0 Å². The predicted molar refractivity (Wildman–Crippen MR) is 55.8 cm³/mol. The molecule has 0 aliphatic heterocycles. The minimum atomic E-state index is -5.14. The van der Waals surface area contributed by atoms with Gasteiger partial charge in [0.1, 0.15) is 0 Å². The molecule has 96 valence electrons. The van der Waals surface area contributed by atoms with E-state index in [1.165, 1.54) is 26.2 Å². The Labute approximate surface area is 92.3 Å². The highest BCUT2D eigenvalue weighted by Gasteiger charge is 1.67. The summed E-state index contributed by atoms with van der Waals surface area (Å²) < 4.78 is 8.66. The second kappa shape index (κ2) is 16.5. The van der Waals surface area contributed by atoms with Gasteiger partial charge in [-0.1, -0.05) is 0 Å². The quantitative estimate of drug-likeness (QED) is 0.456. The molecule has 0 bridgehead atoms. The molecule has 0 spiro atoms. The van der Waals surface area contributed by atoms with Crippen molar-refractivity contribution in [1.29, 1.82) is 0 Å². The third-order valence-corrected chi connectivity index (χ3v) is 1.15. The topological polar surface area (TPSA) is 117 Å². The van der Waals surface area contributed by atoms with E-state index in [0.717, 1.165) is 0 Å². The van der Waals surface area contributed by atoms with E-state index in [-0.39, 0.29) is 0 Å². The highest BCUT2D eigenvalue weighted by atomic mass is 31.2. The molecule has 0 rings (SSSR count). The van der Waals surface area contributed by atoms with Gasteiger partial charge in [0.2, 0.25) is 0 Å². The lowest BCUT2D eigenvalue weighted by molar-refractivity contribution is -0.648. The standard InChI is InChI=1S/2C4H11N.H3O4P/c2*1-3-5-4-2;1-5(2,3)4/h2*5H,3-4H2,1-2H3;(H3,1,2,3,4). The van der Waals surface area contributed by atoms with Crippen LogP contribution in [0.2, 0.25) is 0 Å². The number of hydrogen-bond acceptors (Lipinski definition) is 3. The molecule has 0 amide bonds. The van der Waals surface area contributed by atoms with Gasteiger partial charge in [0.15, 0.2) is 0 Å². The first-order valence-corrected chi connectivity index (χ1v) is 6.70. The lowest BCUT2D eigenvalue weighted by Gasteiger charge is -2.19. The fourth-order valence-electron chi connectivity index (χ4n) is 0.577. The van der Waals surface area contributed by atoms with Gasteiger partial charge in [-0.25, -0.2) is 0 Å². The SMILES string of the molecule is CC[NH2+]CC.CC[NH2+]CC.O=P([O-])([O-])O. The number of nitrogens with two attached hydrogens (primary N) is 2. The van der Waals surface area contributed by atoms with Crippen LogP contribution in [0.5, 0.6) is 0 Å². The molecule has 0 aromatic heterocycles. The molecule has 7 heteroatoms. The Balaban J connectivity index is -0.000000144. The van der Waals surface area contributed by atoms with Crippen molar-refractivity contribution in [3.8, 4) is 0 Å². The molecular weight excluding hydrogens is 219 g/mol. The zero-order valence-electron chi connectivity index (χ0n) is 10.1. The van der Waals surface area contributed by atoms with E-state index >= 15 is 0 Å². The zero-order valence-corrected chi connectivity index (χ0v) is 11.0. The van der Waals surface area contributed by atoms with Crippen LogP contribution in [0, 0.1) is 0 Å². The molecule has 0 saturated heterocycles. The van der Waals surface area contributed by atoms with Crippen molar-refractivity contribution >= 4 is 7.82 Å². The summed E-state index contributed by atoms with van der Waals surface area (Å²) in [6.07, 6.45) is 0. The number of phosphoric acid groups is 1. The molecule has 6 nitrogen and oxygen atoms in total. The Morgan fingerprint density at radius 3 is 1.07 bits per heavy atom. The van der Waals surface area contributed by atoms with E-state index in [1.54, 1.807) is 0 Å². The molecule has 0 aliphatic rings. The molecular formula is C8H25N2O4P. The number of rotatable bonds is 4. The zero-order chi connectivity index (χ0) is 12.7. The lowest BCUT2D eigenvalue weighted by Crippen LogP contribution is -2.82. The summed E-state index contributed by atoms with van der Waals surface area (Å²) in [5, 5.41) is 4.50. The Kier molecular flexibility index (Phi) is 22.4. The summed E-state index contributed by atoms with van der Waals surface area (Å²) in [7, 11) is -5.14. The van der Waals surface area contributed by atoms with Gasteiger partial charge in [-0.2, -0.15) is 0 Å². The van der Waals surface area contributed by atoms with E-state index in [9.17, 15) is 0 Å². The third kappa shape index (κ3) is 125. The van der Waals surface area contributed by atoms with Crippen LogP contribution in [0.3, 0.4) is 0 Å². The smallest absolute Gasteiger partial charge is 0.0726 e. The van der Waals surface area contributed by atoms with E-state index < -0.39 is 7.82 Å². The van der Waals surface area contributed by atoms with Crippen LogP contribution in [-0.2, 0) is 4.57 Å². The minimum absolute atomic E-state index is 1.22. The Hall–Kier alpha value is 0.0300. The van der Waals surface area contributed by atoms with Gasteiger partial charge in [0, 0.05) is 0 Å². The first-order valence-electron chi connectivity index (χ1n) is 5.21. The fourth-order valence-corrected chi connectivity index (χ4v) is 0.577. The Morgan fingerprint density at radius 2 is 1.07 bits per heavy atom. The second-order valence-corrected chi connectivity index (χ2v) is 3.62. The predicted octanol–water partition coefficient (Wildman–Crippen LogP) is -3.01. The van der Waals surface area contributed by atoms with Gasteiger partial charge in [-0.15, -0.1) is 0 Å². The summed E-state index contributed by atoms with van der Waals surface area (Å²) in [6, 6.07) is 0. The number of quaternary nitrogens is 2. The maximum Gasteiger partial charge on any atom is 0.0726 e. The highest BCUT2D eigenvalue weighted by molar-refractivity contribution is 7.42. The first-order chi connectivity index (χ1) is 6.83. The molecule has 0 aliphatic carbocycles. The summed E-state index contributed by atoms with van der Waals surface area (Å²) >= 11 is 0. The van der Waals surface area contributed by atoms with Crippen LogP contribution in [-0.4, -0.2) is 31.1 Å². The normalized spacial score (nSPS) is 9.53.